The average Bonchev–Trinajstić information content (AvgIpc) is 2.27. The monoisotopic (exact) mass is 304 g/mol. The summed E-state index contributed by atoms with van der Waals surface area (Å²) in [5.41, 5.74) is 2.09. The van der Waals surface area contributed by atoms with Gasteiger partial charge >= 0.3 is 6.03 Å². The van der Waals surface area contributed by atoms with Gasteiger partial charge < -0.3 is 4.90 Å². The Hall–Kier alpha value is -0.920. The molecule has 0 saturated carbocycles. The summed E-state index contributed by atoms with van der Waals surface area (Å²) >= 11 is 1.84. The minimum absolute atomic E-state index is 0.0555. The number of aromatic nitrogens is 2. The van der Waals surface area contributed by atoms with Gasteiger partial charge in [0.05, 0.1) is 35.1 Å². The van der Waals surface area contributed by atoms with Gasteiger partial charge in [0.1, 0.15) is 6.33 Å². The van der Waals surface area contributed by atoms with Crippen molar-refractivity contribution in [2.75, 3.05) is 6.54 Å². The summed E-state index contributed by atoms with van der Waals surface area (Å²) in [7, 11) is 0. The molecule has 0 saturated heterocycles. The first-order chi connectivity index (χ1) is 6.81. The van der Waals surface area contributed by atoms with E-state index in [-0.39, 0.29) is 6.03 Å². The molecule has 1 aliphatic heterocycles. The molecule has 0 fully saturated rings. The van der Waals surface area contributed by atoms with Crippen molar-refractivity contribution in [3.05, 3.63) is 23.8 Å². The maximum absolute atomic E-state index is 11.3. The predicted octanol–water partition coefficient (Wildman–Crippen LogP) is 0.894. The van der Waals surface area contributed by atoms with E-state index in [2.05, 4.69) is 13.5 Å². The molecule has 0 radical (unpaired) electrons. The van der Waals surface area contributed by atoms with Gasteiger partial charge in [0.25, 0.3) is 0 Å². The van der Waals surface area contributed by atoms with E-state index in [0.717, 1.165) is 24.2 Å². The van der Waals surface area contributed by atoms with Crippen molar-refractivity contribution in [1.82, 2.24) is 18.4 Å². The first kappa shape index (κ1) is 9.63. The fourth-order valence-corrected chi connectivity index (χ4v) is 1.84. The molecule has 0 unspecified atom stereocenters. The fourth-order valence-electron chi connectivity index (χ4n) is 1.50. The quantitative estimate of drug-likeness (QED) is 0.572. The maximum atomic E-state index is 11.3. The van der Waals surface area contributed by atoms with Gasteiger partial charge in [-0.25, -0.2) is 14.8 Å². The van der Waals surface area contributed by atoms with Crippen LogP contribution in [-0.2, 0) is 13.0 Å². The zero-order valence-corrected chi connectivity index (χ0v) is 9.56. The summed E-state index contributed by atoms with van der Waals surface area (Å²) < 4.78 is 2.58. The van der Waals surface area contributed by atoms with Crippen LogP contribution in [0.2, 0.25) is 0 Å². The summed E-state index contributed by atoms with van der Waals surface area (Å²) in [4.78, 5) is 21.2. The largest absolute Gasteiger partial charge is 0.326 e. The van der Waals surface area contributed by atoms with Crippen LogP contribution >= 0.6 is 22.9 Å². The summed E-state index contributed by atoms with van der Waals surface area (Å²) in [6.45, 7) is 1.32. The highest BCUT2D eigenvalue weighted by Crippen LogP contribution is 2.15. The van der Waals surface area contributed by atoms with E-state index in [9.17, 15) is 4.79 Å². The molecule has 5 nitrogen and oxygen atoms in total. The molecule has 6 heteroatoms. The Morgan fingerprint density at radius 3 is 3.29 bits per heavy atom. The number of rotatable bonds is 0. The number of amides is 2. The molecular weight excluding hydrogens is 295 g/mol. The fraction of sp³-hybridized carbons (Fsp3) is 0.375. The lowest BCUT2D eigenvalue weighted by Gasteiger charge is -2.26. The number of nitrogens with zero attached hydrogens (tertiary/aromatic N) is 3. The number of carbonyl (C=O) groups is 1. The molecule has 1 N–H and O–H groups in total. The molecule has 2 amide bonds. The summed E-state index contributed by atoms with van der Waals surface area (Å²) in [5.74, 6) is 0. The minimum atomic E-state index is -0.0555. The molecule has 1 aromatic heterocycles. The average molecular weight is 304 g/mol. The van der Waals surface area contributed by atoms with Gasteiger partial charge in [0.15, 0.2) is 0 Å². The van der Waals surface area contributed by atoms with E-state index < -0.39 is 0 Å². The summed E-state index contributed by atoms with van der Waals surface area (Å²) in [6, 6.07) is -0.0555. The van der Waals surface area contributed by atoms with Crippen LogP contribution in [0.25, 0.3) is 0 Å². The molecular formula is C8H9IN4O. The number of fused-ring (bicyclic) bond motifs is 1. The first-order valence-corrected chi connectivity index (χ1v) is 5.32. The van der Waals surface area contributed by atoms with Crippen LogP contribution in [0.4, 0.5) is 4.79 Å². The van der Waals surface area contributed by atoms with Crippen molar-refractivity contribution in [1.29, 1.82) is 0 Å². The second kappa shape index (κ2) is 4.07. The van der Waals surface area contributed by atoms with E-state index >= 15 is 0 Å². The van der Waals surface area contributed by atoms with Crippen molar-refractivity contribution in [3.63, 3.8) is 0 Å². The van der Waals surface area contributed by atoms with Gasteiger partial charge in [-0.1, -0.05) is 0 Å². The molecule has 1 aromatic rings. The SMILES string of the molecule is O=C(NI)N1CCc2ncncc2C1. The third-order valence-corrected chi connectivity index (χ3v) is 2.69. The molecule has 1 aliphatic rings. The number of carbonyl (C=O) groups excluding carboxylic acids is 1. The molecule has 0 aromatic carbocycles. The van der Waals surface area contributed by atoms with Gasteiger partial charge in [-0.3, -0.25) is 3.53 Å². The maximum Gasteiger partial charge on any atom is 0.326 e. The van der Waals surface area contributed by atoms with E-state index in [4.69, 9.17) is 0 Å². The predicted molar refractivity (Wildman–Crippen MR) is 58.7 cm³/mol. The van der Waals surface area contributed by atoms with Gasteiger partial charge in [-0.2, -0.15) is 0 Å². The molecule has 14 heavy (non-hydrogen) atoms. The van der Waals surface area contributed by atoms with Crippen molar-refractivity contribution < 1.29 is 4.79 Å². The van der Waals surface area contributed by atoms with Gasteiger partial charge in [0, 0.05) is 24.7 Å². The zero-order valence-electron chi connectivity index (χ0n) is 7.40. The Labute approximate surface area is 95.4 Å². The Balaban J connectivity index is 2.17. The second-order valence-electron chi connectivity index (χ2n) is 3.07. The van der Waals surface area contributed by atoms with Gasteiger partial charge in [0.2, 0.25) is 0 Å². The van der Waals surface area contributed by atoms with Crippen molar-refractivity contribution in [3.8, 4) is 0 Å². The van der Waals surface area contributed by atoms with E-state index in [0.29, 0.717) is 6.54 Å². The number of halogens is 1. The molecule has 0 spiro atoms. The number of hydrogen-bond donors (Lipinski definition) is 1. The van der Waals surface area contributed by atoms with Crippen LogP contribution in [0.15, 0.2) is 12.5 Å². The highest BCUT2D eigenvalue weighted by atomic mass is 127. The van der Waals surface area contributed by atoms with Crippen LogP contribution in [0.1, 0.15) is 11.3 Å². The first-order valence-electron chi connectivity index (χ1n) is 4.24. The molecule has 2 rings (SSSR count). The number of urea groups is 1. The Kier molecular flexibility index (Phi) is 2.80. The Bertz CT molecular complexity index is 357. The van der Waals surface area contributed by atoms with Crippen LogP contribution in [-0.4, -0.2) is 27.4 Å². The molecule has 0 aliphatic carbocycles. The van der Waals surface area contributed by atoms with Crippen molar-refractivity contribution >= 4 is 28.9 Å². The van der Waals surface area contributed by atoms with Crippen LogP contribution in [0, 0.1) is 0 Å². The normalized spacial score (nSPS) is 14.8. The highest BCUT2D eigenvalue weighted by Gasteiger charge is 2.20. The molecule has 0 atom stereocenters. The summed E-state index contributed by atoms with van der Waals surface area (Å²) in [6.07, 6.45) is 4.13. The van der Waals surface area contributed by atoms with Gasteiger partial charge in [-0.15, -0.1) is 0 Å². The smallest absolute Gasteiger partial charge is 0.319 e. The highest BCUT2D eigenvalue weighted by molar-refractivity contribution is 14.1. The van der Waals surface area contributed by atoms with Gasteiger partial charge in [-0.05, 0) is 0 Å². The third kappa shape index (κ3) is 1.79. The molecule has 2 heterocycles. The number of nitrogens with one attached hydrogen (secondary N) is 1. The lowest BCUT2D eigenvalue weighted by atomic mass is 10.1. The standard InChI is InChI=1S/C8H9IN4O/c9-12-8(14)13-2-1-7-6(4-13)3-10-5-11-7/h3,5H,1-2,4H2,(H,12,14). The minimum Gasteiger partial charge on any atom is -0.319 e. The Morgan fingerprint density at radius 2 is 2.50 bits per heavy atom. The zero-order chi connectivity index (χ0) is 9.97. The van der Waals surface area contributed by atoms with Crippen LogP contribution in [0.5, 0.6) is 0 Å². The molecule has 74 valence electrons. The van der Waals surface area contributed by atoms with E-state index in [1.54, 1.807) is 17.4 Å². The van der Waals surface area contributed by atoms with E-state index in [1.807, 2.05) is 22.9 Å². The third-order valence-electron chi connectivity index (χ3n) is 2.23. The Morgan fingerprint density at radius 1 is 1.64 bits per heavy atom. The summed E-state index contributed by atoms with van der Waals surface area (Å²) in [5, 5.41) is 0. The van der Waals surface area contributed by atoms with Crippen LogP contribution < -0.4 is 3.53 Å². The van der Waals surface area contributed by atoms with Crippen molar-refractivity contribution in [2.24, 2.45) is 0 Å². The number of hydrogen-bond acceptors (Lipinski definition) is 3. The topological polar surface area (TPSA) is 58.1 Å². The van der Waals surface area contributed by atoms with E-state index in [1.165, 1.54) is 0 Å². The lowest BCUT2D eigenvalue weighted by Crippen LogP contribution is -2.39. The molecule has 0 bridgehead atoms. The lowest BCUT2D eigenvalue weighted by molar-refractivity contribution is 0.199. The van der Waals surface area contributed by atoms with Crippen LogP contribution in [0.3, 0.4) is 0 Å². The second-order valence-corrected chi connectivity index (χ2v) is 3.61. The van der Waals surface area contributed by atoms with Crippen molar-refractivity contribution in [2.45, 2.75) is 13.0 Å².